The highest BCUT2D eigenvalue weighted by molar-refractivity contribution is 5.72. The summed E-state index contributed by atoms with van der Waals surface area (Å²) in [4.78, 5) is 10.6. The predicted octanol–water partition coefficient (Wildman–Crippen LogP) is 2.28. The molecule has 0 spiro atoms. The molecule has 0 bridgehead atoms. The smallest absolute Gasteiger partial charge is 0.332 e. The Bertz CT molecular complexity index is 416. The van der Waals surface area contributed by atoms with Crippen LogP contribution in [0.2, 0.25) is 0 Å². The van der Waals surface area contributed by atoms with E-state index in [-0.39, 0.29) is 11.8 Å². The summed E-state index contributed by atoms with van der Waals surface area (Å²) in [7, 11) is 0. The third-order valence-corrected chi connectivity index (χ3v) is 2.91. The number of aliphatic hydroxyl groups excluding tert-OH is 1. The van der Waals surface area contributed by atoms with Crippen molar-refractivity contribution in [2.24, 2.45) is 0 Å². The van der Waals surface area contributed by atoms with Crippen molar-refractivity contribution in [3.8, 4) is 0 Å². The molecule has 0 aliphatic heterocycles. The maximum Gasteiger partial charge on any atom is 0.332 e. The number of carboxylic acid groups (broad SMARTS) is 1. The molecule has 0 fully saturated rings. The minimum atomic E-state index is -1.33. The maximum absolute atomic E-state index is 10.6. The third kappa shape index (κ3) is 3.56. The second-order valence-corrected chi connectivity index (χ2v) is 5.45. The van der Waals surface area contributed by atoms with Gasteiger partial charge in [0.2, 0.25) is 0 Å². The Hall–Kier alpha value is -1.35. The average molecular weight is 236 g/mol. The van der Waals surface area contributed by atoms with Crippen LogP contribution in [-0.4, -0.2) is 22.3 Å². The molecule has 1 atom stereocenters. The van der Waals surface area contributed by atoms with Gasteiger partial charge < -0.3 is 10.2 Å². The molecule has 3 heteroatoms. The molecule has 0 heterocycles. The Morgan fingerprint density at radius 2 is 1.94 bits per heavy atom. The van der Waals surface area contributed by atoms with Crippen molar-refractivity contribution < 1.29 is 15.0 Å². The predicted molar refractivity (Wildman–Crippen MR) is 67.2 cm³/mol. The molecule has 94 valence electrons. The van der Waals surface area contributed by atoms with E-state index >= 15 is 0 Å². The van der Waals surface area contributed by atoms with Crippen LogP contribution in [-0.2, 0) is 16.6 Å². The molecule has 17 heavy (non-hydrogen) atoms. The number of rotatable bonds is 3. The van der Waals surface area contributed by atoms with E-state index in [2.05, 4.69) is 20.8 Å². The number of carbonyl (C=O) groups is 1. The van der Waals surface area contributed by atoms with E-state index < -0.39 is 12.1 Å². The first-order valence-electron chi connectivity index (χ1n) is 5.72. The minimum Gasteiger partial charge on any atom is -0.479 e. The molecule has 3 nitrogen and oxygen atoms in total. The van der Waals surface area contributed by atoms with Crippen LogP contribution >= 0.6 is 0 Å². The first-order chi connectivity index (χ1) is 7.71. The molecule has 0 aromatic heterocycles. The summed E-state index contributed by atoms with van der Waals surface area (Å²) < 4.78 is 0. The Morgan fingerprint density at radius 1 is 1.35 bits per heavy atom. The highest BCUT2D eigenvalue weighted by Crippen LogP contribution is 2.25. The molecule has 0 saturated heterocycles. The van der Waals surface area contributed by atoms with E-state index in [1.54, 1.807) is 0 Å². The normalized spacial score (nSPS) is 13.5. The monoisotopic (exact) mass is 236 g/mol. The zero-order chi connectivity index (χ0) is 13.2. The van der Waals surface area contributed by atoms with E-state index in [1.807, 2.05) is 25.1 Å². The van der Waals surface area contributed by atoms with E-state index in [1.165, 1.54) is 0 Å². The molecule has 0 aliphatic carbocycles. The van der Waals surface area contributed by atoms with E-state index in [4.69, 9.17) is 5.11 Å². The van der Waals surface area contributed by atoms with Gasteiger partial charge in [-0.05, 0) is 29.0 Å². The second kappa shape index (κ2) is 4.88. The molecule has 0 saturated carbocycles. The van der Waals surface area contributed by atoms with Crippen LogP contribution in [0.15, 0.2) is 18.2 Å². The minimum absolute atomic E-state index is 0.0244. The number of hydrogen-bond donors (Lipinski definition) is 2. The van der Waals surface area contributed by atoms with Crippen molar-refractivity contribution in [3.63, 3.8) is 0 Å². The Morgan fingerprint density at radius 3 is 2.41 bits per heavy atom. The number of aliphatic hydroxyl groups is 1. The van der Waals surface area contributed by atoms with Gasteiger partial charge in [-0.2, -0.15) is 0 Å². The first kappa shape index (κ1) is 13.7. The quantitative estimate of drug-likeness (QED) is 0.846. The Kier molecular flexibility index (Phi) is 3.94. The molecule has 2 N–H and O–H groups in total. The molecule has 1 rings (SSSR count). The van der Waals surface area contributed by atoms with Crippen LogP contribution in [0.4, 0.5) is 0 Å². The van der Waals surface area contributed by atoms with E-state index in [0.717, 1.165) is 16.7 Å². The van der Waals surface area contributed by atoms with Crippen LogP contribution in [0.25, 0.3) is 0 Å². The zero-order valence-corrected chi connectivity index (χ0v) is 10.8. The topological polar surface area (TPSA) is 57.5 Å². The van der Waals surface area contributed by atoms with Gasteiger partial charge in [0.05, 0.1) is 0 Å². The van der Waals surface area contributed by atoms with E-state index in [9.17, 15) is 9.90 Å². The molecule has 0 aliphatic rings. The number of aryl methyl sites for hydroxylation is 1. The lowest BCUT2D eigenvalue weighted by atomic mass is 9.84. The number of aliphatic carboxylic acids is 1. The Balaban J connectivity index is 3.03. The highest BCUT2D eigenvalue weighted by atomic mass is 16.4. The average Bonchev–Trinajstić information content (AvgIpc) is 2.19. The summed E-state index contributed by atoms with van der Waals surface area (Å²) in [5, 5.41) is 18.1. The van der Waals surface area contributed by atoms with Gasteiger partial charge in [0.25, 0.3) is 0 Å². The summed E-state index contributed by atoms with van der Waals surface area (Å²) in [6, 6.07) is 6.01. The van der Waals surface area contributed by atoms with Crippen molar-refractivity contribution in [3.05, 3.63) is 34.9 Å². The van der Waals surface area contributed by atoms with Crippen molar-refractivity contribution in [1.29, 1.82) is 0 Å². The fraction of sp³-hybridized carbons (Fsp3) is 0.500. The van der Waals surface area contributed by atoms with Gasteiger partial charge >= 0.3 is 5.97 Å². The lowest BCUT2D eigenvalue weighted by Crippen LogP contribution is -2.23. The van der Waals surface area contributed by atoms with Crippen LogP contribution in [0.3, 0.4) is 0 Å². The lowest BCUT2D eigenvalue weighted by molar-refractivity contribution is -0.146. The van der Waals surface area contributed by atoms with Gasteiger partial charge in [0.1, 0.15) is 0 Å². The van der Waals surface area contributed by atoms with Gasteiger partial charge in [0, 0.05) is 6.42 Å². The molecular formula is C14H20O3. The second-order valence-electron chi connectivity index (χ2n) is 5.45. The van der Waals surface area contributed by atoms with Gasteiger partial charge in [-0.1, -0.05) is 39.0 Å². The molecule has 1 unspecified atom stereocenters. The van der Waals surface area contributed by atoms with Crippen LogP contribution in [0.5, 0.6) is 0 Å². The van der Waals surface area contributed by atoms with Gasteiger partial charge in [0.15, 0.2) is 6.10 Å². The Labute approximate surface area is 102 Å². The molecule has 0 amide bonds. The highest BCUT2D eigenvalue weighted by Gasteiger charge is 2.18. The number of hydrogen-bond acceptors (Lipinski definition) is 2. The van der Waals surface area contributed by atoms with Crippen LogP contribution < -0.4 is 0 Å². The SMILES string of the molecule is Cc1ccc(C(C)(C)C)cc1CC(O)C(=O)O. The number of carboxylic acids is 1. The summed E-state index contributed by atoms with van der Waals surface area (Å²) in [5.41, 5.74) is 3.08. The standard InChI is InChI=1S/C14H20O3/c1-9-5-6-11(14(2,3)4)7-10(9)8-12(15)13(16)17/h5-7,12,15H,8H2,1-4H3,(H,16,17). The molecule has 1 aromatic carbocycles. The van der Waals surface area contributed by atoms with Crippen LogP contribution in [0.1, 0.15) is 37.5 Å². The fourth-order valence-corrected chi connectivity index (χ4v) is 1.65. The summed E-state index contributed by atoms with van der Waals surface area (Å²) in [6.45, 7) is 8.25. The van der Waals surface area contributed by atoms with Crippen molar-refractivity contribution in [2.45, 2.75) is 45.6 Å². The van der Waals surface area contributed by atoms with Gasteiger partial charge in [-0.25, -0.2) is 4.79 Å². The number of benzene rings is 1. The molecular weight excluding hydrogens is 216 g/mol. The van der Waals surface area contributed by atoms with Crippen molar-refractivity contribution in [1.82, 2.24) is 0 Å². The van der Waals surface area contributed by atoms with E-state index in [0.29, 0.717) is 0 Å². The summed E-state index contributed by atoms with van der Waals surface area (Å²) >= 11 is 0. The fourth-order valence-electron chi connectivity index (χ4n) is 1.65. The summed E-state index contributed by atoms with van der Waals surface area (Å²) in [5.74, 6) is -1.18. The molecule has 0 radical (unpaired) electrons. The third-order valence-electron chi connectivity index (χ3n) is 2.91. The summed E-state index contributed by atoms with van der Waals surface area (Å²) in [6.07, 6.45) is -1.17. The van der Waals surface area contributed by atoms with Gasteiger partial charge in [-0.3, -0.25) is 0 Å². The van der Waals surface area contributed by atoms with Crippen molar-refractivity contribution in [2.75, 3.05) is 0 Å². The molecule has 1 aromatic rings. The van der Waals surface area contributed by atoms with Gasteiger partial charge in [-0.15, -0.1) is 0 Å². The van der Waals surface area contributed by atoms with Crippen LogP contribution in [0, 0.1) is 6.92 Å². The largest absolute Gasteiger partial charge is 0.479 e. The lowest BCUT2D eigenvalue weighted by Gasteiger charge is -2.21. The maximum atomic E-state index is 10.6. The first-order valence-corrected chi connectivity index (χ1v) is 5.72. The van der Waals surface area contributed by atoms with Crippen molar-refractivity contribution >= 4 is 5.97 Å². The zero-order valence-electron chi connectivity index (χ0n) is 10.8.